The maximum atomic E-state index is 12.1. The number of benzene rings is 1. The molecule has 3 N–H and O–H groups in total. The molecule has 1 unspecified atom stereocenters. The molecule has 0 aliphatic rings. The van der Waals surface area contributed by atoms with Crippen LogP contribution in [0.1, 0.15) is 38.7 Å². The quantitative estimate of drug-likeness (QED) is 0.707. The Morgan fingerprint density at radius 1 is 1.30 bits per heavy atom. The van der Waals surface area contributed by atoms with Crippen LogP contribution in [0.15, 0.2) is 18.2 Å². The topological polar surface area (TPSA) is 64.4 Å². The zero-order chi connectivity index (χ0) is 17.5. The fourth-order valence-electron chi connectivity index (χ4n) is 2.65. The fraction of sp³-hybridized carbons (Fsp3) is 0.588. The molecule has 0 radical (unpaired) electrons. The lowest BCUT2D eigenvalue weighted by atomic mass is 9.75. The van der Waals surface area contributed by atoms with Gasteiger partial charge in [-0.3, -0.25) is 4.79 Å². The summed E-state index contributed by atoms with van der Waals surface area (Å²) in [4.78, 5) is 12.1. The molecule has 0 fully saturated rings. The third-order valence-electron chi connectivity index (χ3n) is 4.52. The number of carbonyl (C=O) groups is 1. The first kappa shape index (κ1) is 20.2. The second-order valence-electron chi connectivity index (χ2n) is 5.69. The van der Waals surface area contributed by atoms with E-state index in [1.165, 1.54) is 0 Å². The zero-order valence-corrected chi connectivity index (χ0v) is 15.5. The van der Waals surface area contributed by atoms with Crippen LogP contribution in [0.25, 0.3) is 0 Å². The Bertz CT molecular complexity index is 515. The van der Waals surface area contributed by atoms with Crippen molar-refractivity contribution >= 4 is 29.1 Å². The van der Waals surface area contributed by atoms with Crippen molar-refractivity contribution in [1.82, 2.24) is 5.32 Å². The van der Waals surface area contributed by atoms with Crippen LogP contribution < -0.4 is 11.1 Å². The van der Waals surface area contributed by atoms with E-state index in [1.54, 1.807) is 13.2 Å². The third kappa shape index (κ3) is 5.35. The van der Waals surface area contributed by atoms with Gasteiger partial charge >= 0.3 is 0 Å². The predicted octanol–water partition coefficient (Wildman–Crippen LogP) is 3.53. The second kappa shape index (κ2) is 9.48. The van der Waals surface area contributed by atoms with Crippen LogP contribution in [0, 0.1) is 0 Å². The minimum absolute atomic E-state index is 0.0614. The van der Waals surface area contributed by atoms with Gasteiger partial charge in [-0.25, -0.2) is 0 Å². The van der Waals surface area contributed by atoms with Crippen molar-refractivity contribution in [2.45, 2.75) is 44.6 Å². The molecule has 130 valence electrons. The maximum Gasteiger partial charge on any atom is 0.222 e. The summed E-state index contributed by atoms with van der Waals surface area (Å²) >= 11 is 12.2. The average Bonchev–Trinajstić information content (AvgIpc) is 2.57. The summed E-state index contributed by atoms with van der Waals surface area (Å²) in [5.74, 6) is -0.0614. The van der Waals surface area contributed by atoms with Gasteiger partial charge in [-0.05, 0) is 30.5 Å². The summed E-state index contributed by atoms with van der Waals surface area (Å²) in [6, 6.07) is 5.67. The normalized spacial score (nSPS) is 13.0. The molecule has 23 heavy (non-hydrogen) atoms. The van der Waals surface area contributed by atoms with E-state index >= 15 is 0 Å². The Morgan fingerprint density at radius 2 is 1.96 bits per heavy atom. The van der Waals surface area contributed by atoms with Gasteiger partial charge in [-0.1, -0.05) is 43.1 Å². The van der Waals surface area contributed by atoms with E-state index in [4.69, 9.17) is 33.7 Å². The summed E-state index contributed by atoms with van der Waals surface area (Å²) < 4.78 is 5.15. The molecule has 1 atom stereocenters. The highest BCUT2D eigenvalue weighted by molar-refractivity contribution is 6.42. The van der Waals surface area contributed by atoms with E-state index in [0.29, 0.717) is 23.1 Å². The van der Waals surface area contributed by atoms with Gasteiger partial charge in [0.2, 0.25) is 5.91 Å². The number of methoxy groups -OCH3 is 1. The predicted molar refractivity (Wildman–Crippen MR) is 96.2 cm³/mol. The maximum absolute atomic E-state index is 12.1. The van der Waals surface area contributed by atoms with Gasteiger partial charge in [0.15, 0.2) is 0 Å². The molecule has 0 saturated carbocycles. The van der Waals surface area contributed by atoms with Gasteiger partial charge in [0, 0.05) is 25.6 Å². The monoisotopic (exact) mass is 360 g/mol. The summed E-state index contributed by atoms with van der Waals surface area (Å²) in [6.07, 6.45) is 1.77. The molecule has 0 aliphatic heterocycles. The van der Waals surface area contributed by atoms with Crippen molar-refractivity contribution in [3.8, 4) is 0 Å². The molecule has 6 heteroatoms. The molecule has 1 aromatic carbocycles. The standard InChI is InChI=1S/C17H26Cl2N2O2/c1-4-17(5-2,12-6-7-14(18)15(19)8-12)11-21-16(22)9-13(10-20)23-3/h6-8,13H,4-5,9-11,20H2,1-3H3,(H,21,22). The van der Waals surface area contributed by atoms with Gasteiger partial charge in [0.1, 0.15) is 0 Å². The molecule has 0 saturated heterocycles. The molecule has 1 amide bonds. The zero-order valence-electron chi connectivity index (χ0n) is 14.0. The van der Waals surface area contributed by atoms with Crippen LogP contribution in [-0.2, 0) is 14.9 Å². The number of halogens is 2. The van der Waals surface area contributed by atoms with Gasteiger partial charge in [-0.15, -0.1) is 0 Å². The fourth-order valence-corrected chi connectivity index (χ4v) is 2.94. The molecular formula is C17H26Cl2N2O2. The number of nitrogens with two attached hydrogens (primary N) is 1. The first-order valence-electron chi connectivity index (χ1n) is 7.87. The van der Waals surface area contributed by atoms with Crippen LogP contribution in [0.2, 0.25) is 10.0 Å². The smallest absolute Gasteiger partial charge is 0.222 e. The minimum Gasteiger partial charge on any atom is -0.380 e. The van der Waals surface area contributed by atoms with Crippen molar-refractivity contribution in [2.24, 2.45) is 5.73 Å². The van der Waals surface area contributed by atoms with Crippen molar-refractivity contribution in [3.63, 3.8) is 0 Å². The van der Waals surface area contributed by atoms with Crippen LogP contribution in [0.4, 0.5) is 0 Å². The lowest BCUT2D eigenvalue weighted by Crippen LogP contribution is -2.41. The number of carbonyl (C=O) groups excluding carboxylic acids is 1. The Hall–Kier alpha value is -0.810. The first-order chi connectivity index (χ1) is 10.9. The number of ether oxygens (including phenoxy) is 1. The van der Waals surface area contributed by atoms with E-state index in [1.807, 2.05) is 12.1 Å². The molecule has 0 spiro atoms. The summed E-state index contributed by atoms with van der Waals surface area (Å²) in [5, 5.41) is 4.07. The van der Waals surface area contributed by atoms with E-state index in [9.17, 15) is 4.79 Å². The number of amides is 1. The lowest BCUT2D eigenvalue weighted by molar-refractivity contribution is -0.123. The van der Waals surface area contributed by atoms with E-state index in [0.717, 1.165) is 18.4 Å². The Balaban J connectivity index is 2.85. The highest BCUT2D eigenvalue weighted by Crippen LogP contribution is 2.34. The molecular weight excluding hydrogens is 335 g/mol. The molecule has 0 aromatic heterocycles. The molecule has 0 aliphatic carbocycles. The SMILES string of the molecule is CCC(CC)(CNC(=O)CC(CN)OC)c1ccc(Cl)c(Cl)c1. The van der Waals surface area contributed by atoms with Crippen LogP contribution >= 0.6 is 23.2 Å². The first-order valence-corrected chi connectivity index (χ1v) is 8.63. The summed E-state index contributed by atoms with van der Waals surface area (Å²) in [5.41, 5.74) is 6.47. The van der Waals surface area contributed by atoms with Crippen molar-refractivity contribution in [1.29, 1.82) is 0 Å². The molecule has 1 rings (SSSR count). The lowest BCUT2D eigenvalue weighted by Gasteiger charge is -2.33. The largest absolute Gasteiger partial charge is 0.380 e. The molecule has 1 aromatic rings. The Morgan fingerprint density at radius 3 is 2.43 bits per heavy atom. The number of nitrogens with one attached hydrogen (secondary N) is 1. The molecule has 0 heterocycles. The molecule has 0 bridgehead atoms. The van der Waals surface area contributed by atoms with Crippen LogP contribution in [0.3, 0.4) is 0 Å². The van der Waals surface area contributed by atoms with Crippen molar-refractivity contribution < 1.29 is 9.53 Å². The van der Waals surface area contributed by atoms with Gasteiger partial charge < -0.3 is 15.8 Å². The van der Waals surface area contributed by atoms with Crippen molar-refractivity contribution in [3.05, 3.63) is 33.8 Å². The minimum atomic E-state index is -0.252. The van der Waals surface area contributed by atoms with Crippen molar-refractivity contribution in [2.75, 3.05) is 20.2 Å². The van der Waals surface area contributed by atoms with Gasteiger partial charge in [-0.2, -0.15) is 0 Å². The summed E-state index contributed by atoms with van der Waals surface area (Å²) in [6.45, 7) is 5.08. The number of hydrogen-bond donors (Lipinski definition) is 2. The van der Waals surface area contributed by atoms with E-state index in [-0.39, 0.29) is 23.8 Å². The number of hydrogen-bond acceptors (Lipinski definition) is 3. The summed E-state index contributed by atoms with van der Waals surface area (Å²) in [7, 11) is 1.56. The second-order valence-corrected chi connectivity index (χ2v) is 6.50. The number of rotatable bonds is 9. The average molecular weight is 361 g/mol. The van der Waals surface area contributed by atoms with Crippen LogP contribution in [-0.4, -0.2) is 32.2 Å². The van der Waals surface area contributed by atoms with E-state index in [2.05, 4.69) is 19.2 Å². The highest BCUT2D eigenvalue weighted by Gasteiger charge is 2.29. The molecule has 4 nitrogen and oxygen atoms in total. The third-order valence-corrected chi connectivity index (χ3v) is 5.26. The van der Waals surface area contributed by atoms with E-state index < -0.39 is 0 Å². The Labute approximate surface area is 148 Å². The Kier molecular flexibility index (Phi) is 8.34. The van der Waals surface area contributed by atoms with Gasteiger partial charge in [0.05, 0.1) is 22.6 Å². The van der Waals surface area contributed by atoms with Crippen LogP contribution in [0.5, 0.6) is 0 Å². The highest BCUT2D eigenvalue weighted by atomic mass is 35.5. The van der Waals surface area contributed by atoms with Gasteiger partial charge in [0.25, 0.3) is 0 Å².